The lowest BCUT2D eigenvalue weighted by Crippen LogP contribution is -2.20. The van der Waals surface area contributed by atoms with Crippen LogP contribution in [-0.2, 0) is 4.79 Å². The minimum absolute atomic E-state index is 0.151. The van der Waals surface area contributed by atoms with Crippen LogP contribution in [0.3, 0.4) is 0 Å². The predicted octanol–water partition coefficient (Wildman–Crippen LogP) is 3.66. The Bertz CT molecular complexity index is 865. The van der Waals surface area contributed by atoms with Gasteiger partial charge in [-0.2, -0.15) is 0 Å². The Hall–Kier alpha value is -2.80. The Kier molecular flexibility index (Phi) is 5.35. The highest BCUT2D eigenvalue weighted by Crippen LogP contribution is 2.24. The second kappa shape index (κ2) is 7.85. The van der Waals surface area contributed by atoms with Crippen molar-refractivity contribution in [1.82, 2.24) is 9.78 Å². The minimum Gasteiger partial charge on any atom is -0.497 e. The van der Waals surface area contributed by atoms with E-state index >= 15 is 0 Å². The maximum atomic E-state index is 12.0. The third kappa shape index (κ3) is 4.39. The van der Waals surface area contributed by atoms with E-state index in [-0.39, 0.29) is 12.5 Å². The van der Waals surface area contributed by atoms with Crippen LogP contribution in [-0.4, -0.2) is 29.4 Å². The largest absolute Gasteiger partial charge is 0.497 e. The van der Waals surface area contributed by atoms with E-state index in [1.807, 2.05) is 30.3 Å². The number of carbonyl (C=O) groups is 1. The second-order valence-electron chi connectivity index (χ2n) is 5.13. The average molecular weight is 402 g/mol. The van der Waals surface area contributed by atoms with Crippen LogP contribution in [0.4, 0.5) is 5.69 Å². The zero-order chi connectivity index (χ0) is 17.6. The third-order valence-electron chi connectivity index (χ3n) is 3.35. The molecule has 0 fully saturated rings. The van der Waals surface area contributed by atoms with Crippen LogP contribution in [0.25, 0.3) is 5.69 Å². The SMILES string of the molecule is COc1cccc(NC(=O)COc2nn(-c3ccccc3)cc2Br)c1. The zero-order valence-corrected chi connectivity index (χ0v) is 15.1. The molecule has 1 amide bonds. The summed E-state index contributed by atoms with van der Waals surface area (Å²) in [5.41, 5.74) is 1.54. The number of anilines is 1. The maximum Gasteiger partial charge on any atom is 0.262 e. The maximum absolute atomic E-state index is 12.0. The number of rotatable bonds is 6. The van der Waals surface area contributed by atoms with E-state index in [1.54, 1.807) is 42.3 Å². The summed E-state index contributed by atoms with van der Waals surface area (Å²) in [6, 6.07) is 16.8. The standard InChI is InChI=1S/C18H16BrN3O3/c1-24-15-9-5-6-13(10-15)20-17(23)12-25-18-16(19)11-22(21-18)14-7-3-2-4-8-14/h2-11H,12H2,1H3,(H,20,23). The Morgan fingerprint density at radius 1 is 1.20 bits per heavy atom. The van der Waals surface area contributed by atoms with Gasteiger partial charge in [-0.1, -0.05) is 24.3 Å². The summed E-state index contributed by atoms with van der Waals surface area (Å²) < 4.78 is 13.0. The van der Waals surface area contributed by atoms with Crippen LogP contribution in [0.2, 0.25) is 0 Å². The molecule has 0 aliphatic rings. The van der Waals surface area contributed by atoms with Crippen molar-refractivity contribution in [3.05, 3.63) is 65.3 Å². The molecule has 3 rings (SSSR count). The first kappa shape index (κ1) is 17.0. The van der Waals surface area contributed by atoms with Gasteiger partial charge in [0, 0.05) is 18.0 Å². The number of nitrogens with zero attached hydrogens (tertiary/aromatic N) is 2. The fourth-order valence-corrected chi connectivity index (χ4v) is 2.57. The van der Waals surface area contributed by atoms with Gasteiger partial charge in [0.05, 0.1) is 17.3 Å². The summed E-state index contributed by atoms with van der Waals surface area (Å²) in [7, 11) is 1.57. The van der Waals surface area contributed by atoms with Gasteiger partial charge in [0.25, 0.3) is 5.91 Å². The van der Waals surface area contributed by atoms with E-state index in [0.29, 0.717) is 21.8 Å². The molecule has 0 saturated heterocycles. The van der Waals surface area contributed by atoms with Crippen molar-refractivity contribution < 1.29 is 14.3 Å². The highest BCUT2D eigenvalue weighted by atomic mass is 79.9. The van der Waals surface area contributed by atoms with Gasteiger partial charge in [-0.05, 0) is 40.2 Å². The van der Waals surface area contributed by atoms with Crippen molar-refractivity contribution in [2.24, 2.45) is 0 Å². The van der Waals surface area contributed by atoms with E-state index in [0.717, 1.165) is 5.69 Å². The van der Waals surface area contributed by atoms with Gasteiger partial charge in [0.2, 0.25) is 5.88 Å². The summed E-state index contributed by atoms with van der Waals surface area (Å²) >= 11 is 3.39. The van der Waals surface area contributed by atoms with Crippen LogP contribution in [0.5, 0.6) is 11.6 Å². The van der Waals surface area contributed by atoms with Crippen LogP contribution >= 0.6 is 15.9 Å². The number of carbonyl (C=O) groups excluding carboxylic acids is 1. The average Bonchev–Trinajstić information content (AvgIpc) is 3.02. The van der Waals surface area contributed by atoms with E-state index in [4.69, 9.17) is 9.47 Å². The number of para-hydroxylation sites is 1. The first-order valence-corrected chi connectivity index (χ1v) is 8.32. The quantitative estimate of drug-likeness (QED) is 0.684. The Balaban J connectivity index is 1.61. The number of hydrogen-bond acceptors (Lipinski definition) is 4. The number of hydrogen-bond donors (Lipinski definition) is 1. The van der Waals surface area contributed by atoms with E-state index in [2.05, 4.69) is 26.3 Å². The molecule has 3 aromatic rings. The first-order chi connectivity index (χ1) is 12.2. The molecule has 0 bridgehead atoms. The molecule has 0 aliphatic heterocycles. The lowest BCUT2D eigenvalue weighted by Gasteiger charge is -2.07. The molecule has 0 radical (unpaired) electrons. The first-order valence-electron chi connectivity index (χ1n) is 7.53. The molecule has 7 heteroatoms. The van der Waals surface area contributed by atoms with Crippen LogP contribution in [0, 0.1) is 0 Å². The molecule has 0 aliphatic carbocycles. The van der Waals surface area contributed by atoms with E-state index < -0.39 is 0 Å². The normalized spacial score (nSPS) is 10.3. The minimum atomic E-state index is -0.283. The van der Waals surface area contributed by atoms with Crippen molar-refractivity contribution in [3.63, 3.8) is 0 Å². The number of ether oxygens (including phenoxy) is 2. The van der Waals surface area contributed by atoms with Crippen molar-refractivity contribution >= 4 is 27.5 Å². The molecule has 6 nitrogen and oxygen atoms in total. The third-order valence-corrected chi connectivity index (χ3v) is 3.90. The van der Waals surface area contributed by atoms with Gasteiger partial charge in [-0.3, -0.25) is 4.79 Å². The molecule has 0 atom stereocenters. The van der Waals surface area contributed by atoms with Crippen LogP contribution in [0.15, 0.2) is 65.3 Å². The fourth-order valence-electron chi connectivity index (χ4n) is 2.18. The zero-order valence-electron chi connectivity index (χ0n) is 13.5. The number of aromatic nitrogens is 2. The molecule has 0 spiro atoms. The van der Waals surface area contributed by atoms with E-state index in [9.17, 15) is 4.79 Å². The number of halogens is 1. The summed E-state index contributed by atoms with van der Waals surface area (Å²) in [5.74, 6) is 0.738. The van der Waals surface area contributed by atoms with Crippen LogP contribution in [0.1, 0.15) is 0 Å². The summed E-state index contributed by atoms with van der Waals surface area (Å²) in [6.07, 6.45) is 1.78. The predicted molar refractivity (Wildman–Crippen MR) is 98.4 cm³/mol. The highest BCUT2D eigenvalue weighted by Gasteiger charge is 2.11. The molecule has 1 N–H and O–H groups in total. The molecule has 1 heterocycles. The van der Waals surface area contributed by atoms with Crippen molar-refractivity contribution in [2.75, 3.05) is 19.0 Å². The van der Waals surface area contributed by atoms with Crippen molar-refractivity contribution in [1.29, 1.82) is 0 Å². The van der Waals surface area contributed by atoms with Gasteiger partial charge < -0.3 is 14.8 Å². The Morgan fingerprint density at radius 3 is 2.76 bits per heavy atom. The molecule has 0 unspecified atom stereocenters. The number of nitrogens with one attached hydrogen (secondary N) is 1. The van der Waals surface area contributed by atoms with Crippen molar-refractivity contribution in [3.8, 4) is 17.3 Å². The molecule has 0 saturated carbocycles. The summed E-state index contributed by atoms with van der Waals surface area (Å²) in [5, 5.41) is 7.08. The van der Waals surface area contributed by atoms with E-state index in [1.165, 1.54) is 0 Å². The lowest BCUT2D eigenvalue weighted by molar-refractivity contribution is -0.118. The highest BCUT2D eigenvalue weighted by molar-refractivity contribution is 9.10. The summed E-state index contributed by atoms with van der Waals surface area (Å²) in [4.78, 5) is 12.0. The van der Waals surface area contributed by atoms with Crippen LogP contribution < -0.4 is 14.8 Å². The Labute approximate surface area is 153 Å². The number of benzene rings is 2. The molecule has 25 heavy (non-hydrogen) atoms. The monoisotopic (exact) mass is 401 g/mol. The molecular formula is C18H16BrN3O3. The van der Waals surface area contributed by atoms with Gasteiger partial charge in [-0.15, -0.1) is 5.10 Å². The molecule has 2 aromatic carbocycles. The fraction of sp³-hybridized carbons (Fsp3) is 0.111. The Morgan fingerprint density at radius 2 is 2.00 bits per heavy atom. The van der Waals surface area contributed by atoms with Crippen molar-refractivity contribution in [2.45, 2.75) is 0 Å². The van der Waals surface area contributed by atoms with Gasteiger partial charge in [0.1, 0.15) is 5.75 Å². The topological polar surface area (TPSA) is 65.4 Å². The molecule has 128 valence electrons. The molecular weight excluding hydrogens is 386 g/mol. The number of methoxy groups -OCH3 is 1. The lowest BCUT2D eigenvalue weighted by atomic mass is 10.3. The van der Waals surface area contributed by atoms with Gasteiger partial charge in [0.15, 0.2) is 6.61 Å². The second-order valence-corrected chi connectivity index (χ2v) is 5.99. The van der Waals surface area contributed by atoms with Gasteiger partial charge >= 0.3 is 0 Å². The van der Waals surface area contributed by atoms with Gasteiger partial charge in [-0.25, -0.2) is 4.68 Å². The summed E-state index contributed by atoms with van der Waals surface area (Å²) in [6.45, 7) is -0.151. The number of amides is 1. The smallest absolute Gasteiger partial charge is 0.262 e. The molecule has 1 aromatic heterocycles.